The number of nitrogens with zero attached hydrogens (tertiary/aromatic N) is 1. The number of rotatable bonds is 6. The van der Waals surface area contributed by atoms with Crippen LogP contribution in [0.25, 0.3) is 0 Å². The van der Waals surface area contributed by atoms with E-state index in [1.807, 2.05) is 12.3 Å². The molecule has 1 heterocycles. The summed E-state index contributed by atoms with van der Waals surface area (Å²) in [5, 5.41) is 3.55. The Hall–Kier alpha value is -0.940. The highest BCUT2D eigenvalue weighted by Gasteiger charge is 2.10. The molecule has 1 unspecified atom stereocenters. The number of hydrogen-bond acceptors (Lipinski definition) is 2. The van der Waals surface area contributed by atoms with Gasteiger partial charge >= 0.3 is 0 Å². The van der Waals surface area contributed by atoms with Crippen molar-refractivity contribution >= 4 is 22.6 Å². The topological polar surface area (TPSA) is 24.9 Å². The van der Waals surface area contributed by atoms with Crippen LogP contribution in [0.1, 0.15) is 18.2 Å². The molecule has 0 radical (unpaired) electrons. The first-order valence-corrected chi connectivity index (χ1v) is 7.73. The van der Waals surface area contributed by atoms with Crippen molar-refractivity contribution in [2.45, 2.75) is 25.8 Å². The Morgan fingerprint density at radius 3 is 2.53 bits per heavy atom. The molecular formula is C16H19IN2. The van der Waals surface area contributed by atoms with E-state index >= 15 is 0 Å². The highest BCUT2D eigenvalue weighted by Crippen LogP contribution is 2.11. The van der Waals surface area contributed by atoms with Crippen LogP contribution in [-0.4, -0.2) is 17.6 Å². The van der Waals surface area contributed by atoms with Crippen LogP contribution in [0.5, 0.6) is 0 Å². The van der Waals surface area contributed by atoms with Crippen LogP contribution in [0, 0.1) is 3.57 Å². The average molecular weight is 366 g/mol. The summed E-state index contributed by atoms with van der Waals surface area (Å²) in [5.41, 5.74) is 2.53. The molecule has 0 bridgehead atoms. The van der Waals surface area contributed by atoms with Crippen LogP contribution in [0.15, 0.2) is 48.7 Å². The zero-order valence-corrected chi connectivity index (χ0v) is 13.3. The molecule has 0 aliphatic carbocycles. The number of hydrogen-bond donors (Lipinski definition) is 1. The van der Waals surface area contributed by atoms with E-state index in [1.54, 1.807) is 0 Å². The smallest absolute Gasteiger partial charge is 0.0419 e. The fourth-order valence-electron chi connectivity index (χ4n) is 2.18. The third-order valence-corrected chi connectivity index (χ3v) is 3.79. The fourth-order valence-corrected chi connectivity index (χ4v) is 2.54. The van der Waals surface area contributed by atoms with Crippen LogP contribution in [-0.2, 0) is 12.8 Å². The van der Waals surface area contributed by atoms with Crippen LogP contribution in [0.4, 0.5) is 0 Å². The monoisotopic (exact) mass is 366 g/mol. The van der Waals surface area contributed by atoms with Crippen molar-refractivity contribution in [1.29, 1.82) is 0 Å². The van der Waals surface area contributed by atoms with Crippen molar-refractivity contribution < 1.29 is 0 Å². The molecular weight excluding hydrogens is 347 g/mol. The predicted octanol–water partition coefficient (Wildman–Crippen LogP) is 3.45. The highest BCUT2D eigenvalue weighted by atomic mass is 127. The van der Waals surface area contributed by atoms with Crippen molar-refractivity contribution in [3.05, 3.63) is 63.5 Å². The largest absolute Gasteiger partial charge is 0.314 e. The first-order chi connectivity index (χ1) is 9.28. The first-order valence-electron chi connectivity index (χ1n) is 6.65. The molecule has 1 aromatic heterocycles. The summed E-state index contributed by atoms with van der Waals surface area (Å²) in [6.07, 6.45) is 3.88. The van der Waals surface area contributed by atoms with Gasteiger partial charge in [-0.3, -0.25) is 4.98 Å². The second kappa shape index (κ2) is 7.60. The Morgan fingerprint density at radius 2 is 1.89 bits per heavy atom. The Bertz CT molecular complexity index is 482. The van der Waals surface area contributed by atoms with Gasteiger partial charge in [0, 0.05) is 27.9 Å². The Balaban J connectivity index is 2.01. The van der Waals surface area contributed by atoms with Gasteiger partial charge in [0.15, 0.2) is 0 Å². The van der Waals surface area contributed by atoms with E-state index in [9.17, 15) is 0 Å². The lowest BCUT2D eigenvalue weighted by Crippen LogP contribution is -2.33. The zero-order valence-electron chi connectivity index (χ0n) is 11.1. The Kier molecular flexibility index (Phi) is 5.79. The molecule has 2 nitrogen and oxygen atoms in total. The predicted molar refractivity (Wildman–Crippen MR) is 88.3 cm³/mol. The van der Waals surface area contributed by atoms with Gasteiger partial charge in [-0.1, -0.05) is 25.1 Å². The fraction of sp³-hybridized carbons (Fsp3) is 0.312. The highest BCUT2D eigenvalue weighted by molar-refractivity contribution is 14.1. The number of aromatic nitrogens is 1. The normalized spacial score (nSPS) is 12.3. The van der Waals surface area contributed by atoms with E-state index in [-0.39, 0.29) is 0 Å². The van der Waals surface area contributed by atoms with Crippen molar-refractivity contribution in [1.82, 2.24) is 10.3 Å². The number of pyridine rings is 1. The van der Waals surface area contributed by atoms with E-state index in [2.05, 4.69) is 76.2 Å². The van der Waals surface area contributed by atoms with Gasteiger partial charge in [0.1, 0.15) is 0 Å². The lowest BCUT2D eigenvalue weighted by molar-refractivity contribution is 0.516. The summed E-state index contributed by atoms with van der Waals surface area (Å²) >= 11 is 2.34. The molecule has 0 saturated heterocycles. The quantitative estimate of drug-likeness (QED) is 0.793. The summed E-state index contributed by atoms with van der Waals surface area (Å²) < 4.78 is 1.28. The van der Waals surface area contributed by atoms with Gasteiger partial charge in [-0.25, -0.2) is 0 Å². The standard InChI is InChI=1S/C16H19IN2/c1-2-18-16(12-15-5-3-4-10-19-15)11-13-6-8-14(17)9-7-13/h3-10,16,18H,2,11-12H2,1H3. The second-order valence-electron chi connectivity index (χ2n) is 4.61. The molecule has 0 saturated carbocycles. The van der Waals surface area contributed by atoms with Crippen LogP contribution in [0.3, 0.4) is 0 Å². The average Bonchev–Trinajstić information content (AvgIpc) is 2.43. The number of likely N-dealkylation sites (N-methyl/N-ethyl adjacent to an activating group) is 1. The van der Waals surface area contributed by atoms with Gasteiger partial charge < -0.3 is 5.32 Å². The van der Waals surface area contributed by atoms with E-state index in [4.69, 9.17) is 0 Å². The van der Waals surface area contributed by atoms with Crippen molar-refractivity contribution in [2.24, 2.45) is 0 Å². The van der Waals surface area contributed by atoms with Crippen LogP contribution >= 0.6 is 22.6 Å². The summed E-state index contributed by atoms with van der Waals surface area (Å²) in [4.78, 5) is 4.42. The van der Waals surface area contributed by atoms with E-state index < -0.39 is 0 Å². The number of halogens is 1. The molecule has 1 atom stereocenters. The lowest BCUT2D eigenvalue weighted by atomic mass is 10.0. The molecule has 1 aromatic carbocycles. The molecule has 100 valence electrons. The van der Waals surface area contributed by atoms with E-state index in [1.165, 1.54) is 9.13 Å². The third kappa shape index (κ3) is 4.91. The maximum absolute atomic E-state index is 4.42. The number of nitrogens with one attached hydrogen (secondary N) is 1. The lowest BCUT2D eigenvalue weighted by Gasteiger charge is -2.17. The van der Waals surface area contributed by atoms with Crippen molar-refractivity contribution in [2.75, 3.05) is 6.54 Å². The zero-order chi connectivity index (χ0) is 13.5. The van der Waals surface area contributed by atoms with Gasteiger partial charge in [0.25, 0.3) is 0 Å². The minimum absolute atomic E-state index is 0.444. The van der Waals surface area contributed by atoms with Crippen molar-refractivity contribution in [3.63, 3.8) is 0 Å². The minimum atomic E-state index is 0.444. The summed E-state index contributed by atoms with van der Waals surface area (Å²) in [6, 6.07) is 15.3. The molecule has 0 aliphatic rings. The summed E-state index contributed by atoms with van der Waals surface area (Å²) in [6.45, 7) is 3.14. The van der Waals surface area contributed by atoms with E-state index in [0.29, 0.717) is 6.04 Å². The third-order valence-electron chi connectivity index (χ3n) is 3.07. The van der Waals surface area contributed by atoms with Gasteiger partial charge in [-0.15, -0.1) is 0 Å². The SMILES string of the molecule is CCNC(Cc1ccc(I)cc1)Cc1ccccn1. The number of benzene rings is 1. The van der Waals surface area contributed by atoms with Gasteiger partial charge in [-0.05, 0) is 65.4 Å². The van der Waals surface area contributed by atoms with Gasteiger partial charge in [0.2, 0.25) is 0 Å². The van der Waals surface area contributed by atoms with Crippen LogP contribution < -0.4 is 5.32 Å². The summed E-state index contributed by atoms with van der Waals surface area (Å²) in [7, 11) is 0. The van der Waals surface area contributed by atoms with E-state index in [0.717, 1.165) is 25.1 Å². The summed E-state index contributed by atoms with van der Waals surface area (Å²) in [5.74, 6) is 0. The molecule has 0 amide bonds. The van der Waals surface area contributed by atoms with Gasteiger partial charge in [-0.2, -0.15) is 0 Å². The van der Waals surface area contributed by atoms with Crippen molar-refractivity contribution in [3.8, 4) is 0 Å². The second-order valence-corrected chi connectivity index (χ2v) is 5.86. The maximum Gasteiger partial charge on any atom is 0.0419 e. The molecule has 1 N–H and O–H groups in total. The Labute approximate surface area is 128 Å². The molecule has 2 aromatic rings. The first kappa shape index (κ1) is 14.5. The molecule has 3 heteroatoms. The Morgan fingerprint density at radius 1 is 1.11 bits per heavy atom. The molecule has 19 heavy (non-hydrogen) atoms. The molecule has 0 aliphatic heterocycles. The molecule has 0 fully saturated rings. The molecule has 0 spiro atoms. The van der Waals surface area contributed by atoms with Gasteiger partial charge in [0.05, 0.1) is 0 Å². The minimum Gasteiger partial charge on any atom is -0.314 e. The molecule has 2 rings (SSSR count). The van der Waals surface area contributed by atoms with Crippen LogP contribution in [0.2, 0.25) is 0 Å². The maximum atomic E-state index is 4.42.